The van der Waals surface area contributed by atoms with Crippen molar-refractivity contribution in [3.05, 3.63) is 64.7 Å². The molecule has 1 heterocycles. The SMILES string of the molecule is Cc1ccc(NC2CC(=O)N(Cc3ccccc3)C2=O)cc1Cl. The summed E-state index contributed by atoms with van der Waals surface area (Å²) in [6, 6.07) is 14.5. The van der Waals surface area contributed by atoms with E-state index in [-0.39, 0.29) is 18.2 Å². The molecule has 1 aliphatic heterocycles. The first-order chi connectivity index (χ1) is 11.0. The lowest BCUT2D eigenvalue weighted by molar-refractivity contribution is -0.139. The second-order valence-electron chi connectivity index (χ2n) is 5.67. The topological polar surface area (TPSA) is 49.4 Å². The van der Waals surface area contributed by atoms with Crippen LogP contribution in [0.4, 0.5) is 5.69 Å². The Morgan fingerprint density at radius 3 is 2.61 bits per heavy atom. The molecule has 0 bridgehead atoms. The number of imide groups is 1. The molecule has 2 aromatic carbocycles. The van der Waals surface area contributed by atoms with Crippen LogP contribution in [0.1, 0.15) is 17.5 Å². The van der Waals surface area contributed by atoms with E-state index in [9.17, 15) is 9.59 Å². The van der Waals surface area contributed by atoms with Crippen LogP contribution < -0.4 is 5.32 Å². The Hall–Kier alpha value is -2.33. The minimum atomic E-state index is -0.537. The minimum absolute atomic E-state index is 0.158. The Bertz CT molecular complexity index is 746. The zero-order valence-corrected chi connectivity index (χ0v) is 13.5. The van der Waals surface area contributed by atoms with Gasteiger partial charge in [0.15, 0.2) is 0 Å². The maximum atomic E-state index is 12.5. The summed E-state index contributed by atoms with van der Waals surface area (Å²) in [6.45, 7) is 2.23. The summed E-state index contributed by atoms with van der Waals surface area (Å²) in [5, 5.41) is 3.74. The predicted molar refractivity (Wildman–Crippen MR) is 90.2 cm³/mol. The van der Waals surface area contributed by atoms with E-state index in [0.29, 0.717) is 11.6 Å². The number of hydrogen-bond acceptors (Lipinski definition) is 3. The number of nitrogens with one attached hydrogen (secondary N) is 1. The van der Waals surface area contributed by atoms with Crippen molar-refractivity contribution in [2.75, 3.05) is 5.32 Å². The molecule has 1 fully saturated rings. The molecule has 0 radical (unpaired) electrons. The van der Waals surface area contributed by atoms with Gasteiger partial charge in [-0.25, -0.2) is 0 Å². The predicted octanol–water partition coefficient (Wildman–Crippen LogP) is 3.39. The summed E-state index contributed by atoms with van der Waals surface area (Å²) >= 11 is 6.10. The highest BCUT2D eigenvalue weighted by Gasteiger charge is 2.38. The maximum absolute atomic E-state index is 12.5. The number of carbonyl (C=O) groups is 2. The fourth-order valence-corrected chi connectivity index (χ4v) is 2.79. The van der Waals surface area contributed by atoms with E-state index < -0.39 is 6.04 Å². The second kappa shape index (κ2) is 6.42. The van der Waals surface area contributed by atoms with Crippen molar-refractivity contribution in [3.8, 4) is 0 Å². The van der Waals surface area contributed by atoms with Crippen LogP contribution in [0.25, 0.3) is 0 Å². The molecule has 0 spiro atoms. The van der Waals surface area contributed by atoms with Gasteiger partial charge in [-0.2, -0.15) is 0 Å². The average Bonchev–Trinajstić information content (AvgIpc) is 2.80. The first kappa shape index (κ1) is 15.6. The third kappa shape index (κ3) is 3.37. The number of carbonyl (C=O) groups excluding carboxylic acids is 2. The Morgan fingerprint density at radius 2 is 1.91 bits per heavy atom. The number of rotatable bonds is 4. The maximum Gasteiger partial charge on any atom is 0.252 e. The average molecular weight is 329 g/mol. The van der Waals surface area contributed by atoms with Crippen molar-refractivity contribution < 1.29 is 9.59 Å². The highest BCUT2D eigenvalue weighted by atomic mass is 35.5. The van der Waals surface area contributed by atoms with Crippen molar-refractivity contribution >= 4 is 29.1 Å². The van der Waals surface area contributed by atoms with Gasteiger partial charge in [0.2, 0.25) is 5.91 Å². The fourth-order valence-electron chi connectivity index (χ4n) is 2.61. The van der Waals surface area contributed by atoms with Crippen LogP contribution >= 0.6 is 11.6 Å². The molecular weight excluding hydrogens is 312 g/mol. The normalized spacial score (nSPS) is 17.7. The number of amides is 2. The molecular formula is C18H17ClN2O2. The van der Waals surface area contributed by atoms with Crippen LogP contribution in [0.3, 0.4) is 0 Å². The van der Waals surface area contributed by atoms with Crippen molar-refractivity contribution in [2.24, 2.45) is 0 Å². The van der Waals surface area contributed by atoms with Crippen LogP contribution in [-0.4, -0.2) is 22.8 Å². The van der Waals surface area contributed by atoms with E-state index in [4.69, 9.17) is 11.6 Å². The lowest BCUT2D eigenvalue weighted by Crippen LogP contribution is -2.34. The molecule has 5 heteroatoms. The van der Waals surface area contributed by atoms with Gasteiger partial charge in [-0.05, 0) is 30.2 Å². The summed E-state index contributed by atoms with van der Waals surface area (Å²) < 4.78 is 0. The van der Waals surface area contributed by atoms with E-state index in [0.717, 1.165) is 16.8 Å². The van der Waals surface area contributed by atoms with Gasteiger partial charge in [0.1, 0.15) is 6.04 Å². The minimum Gasteiger partial charge on any atom is -0.373 e. The Morgan fingerprint density at radius 1 is 1.17 bits per heavy atom. The molecule has 1 N–H and O–H groups in total. The standard InChI is InChI=1S/C18H17ClN2O2/c1-12-7-8-14(9-15(12)19)20-16-10-17(22)21(18(16)23)11-13-5-3-2-4-6-13/h2-9,16,20H,10-11H2,1H3. The Kier molecular flexibility index (Phi) is 4.35. The largest absolute Gasteiger partial charge is 0.373 e. The van der Waals surface area contributed by atoms with Crippen LogP contribution in [0.15, 0.2) is 48.5 Å². The first-order valence-corrected chi connectivity index (χ1v) is 7.83. The third-order valence-corrected chi connectivity index (χ3v) is 4.35. The van der Waals surface area contributed by atoms with Gasteiger partial charge in [-0.1, -0.05) is 48.0 Å². The first-order valence-electron chi connectivity index (χ1n) is 7.45. The van der Waals surface area contributed by atoms with Crippen molar-refractivity contribution in [2.45, 2.75) is 25.9 Å². The quantitative estimate of drug-likeness (QED) is 0.875. The number of likely N-dealkylation sites (tertiary alicyclic amines) is 1. The number of aryl methyl sites for hydroxylation is 1. The molecule has 0 aliphatic carbocycles. The number of halogens is 1. The van der Waals surface area contributed by atoms with Gasteiger partial charge in [0.05, 0.1) is 13.0 Å². The monoisotopic (exact) mass is 328 g/mol. The summed E-state index contributed by atoms with van der Waals surface area (Å²) in [4.78, 5) is 25.9. The molecule has 1 saturated heterocycles. The highest BCUT2D eigenvalue weighted by Crippen LogP contribution is 2.24. The molecule has 0 aromatic heterocycles. The van der Waals surface area contributed by atoms with Crippen molar-refractivity contribution in [3.63, 3.8) is 0 Å². The molecule has 118 valence electrons. The Labute approximate surface area is 140 Å². The smallest absolute Gasteiger partial charge is 0.252 e. The zero-order chi connectivity index (χ0) is 16.4. The zero-order valence-electron chi connectivity index (χ0n) is 12.8. The molecule has 2 aromatic rings. The Balaban J connectivity index is 1.72. The van der Waals surface area contributed by atoms with Crippen molar-refractivity contribution in [1.29, 1.82) is 0 Å². The van der Waals surface area contributed by atoms with Gasteiger partial charge in [-0.3, -0.25) is 14.5 Å². The van der Waals surface area contributed by atoms with Crippen LogP contribution in [0, 0.1) is 6.92 Å². The molecule has 0 saturated carbocycles. The third-order valence-electron chi connectivity index (χ3n) is 3.94. The van der Waals surface area contributed by atoms with Gasteiger partial charge < -0.3 is 5.32 Å². The highest BCUT2D eigenvalue weighted by molar-refractivity contribution is 6.31. The van der Waals surface area contributed by atoms with Gasteiger partial charge in [-0.15, -0.1) is 0 Å². The molecule has 23 heavy (non-hydrogen) atoms. The van der Waals surface area contributed by atoms with E-state index in [1.165, 1.54) is 4.90 Å². The summed E-state index contributed by atoms with van der Waals surface area (Å²) in [6.07, 6.45) is 0.164. The van der Waals surface area contributed by atoms with E-state index in [1.807, 2.05) is 49.4 Å². The molecule has 4 nitrogen and oxygen atoms in total. The fraction of sp³-hybridized carbons (Fsp3) is 0.222. The van der Waals surface area contributed by atoms with E-state index in [1.54, 1.807) is 6.07 Å². The van der Waals surface area contributed by atoms with Gasteiger partial charge in [0, 0.05) is 10.7 Å². The molecule has 1 aliphatic rings. The number of nitrogens with zero attached hydrogens (tertiary/aromatic N) is 1. The summed E-state index contributed by atoms with van der Waals surface area (Å²) in [7, 11) is 0. The lowest BCUT2D eigenvalue weighted by atomic mass is 10.2. The number of hydrogen-bond donors (Lipinski definition) is 1. The van der Waals surface area contributed by atoms with Crippen molar-refractivity contribution in [1.82, 2.24) is 4.90 Å². The molecule has 2 amide bonds. The van der Waals surface area contributed by atoms with Gasteiger partial charge >= 0.3 is 0 Å². The number of benzene rings is 2. The van der Waals surface area contributed by atoms with Gasteiger partial charge in [0.25, 0.3) is 5.91 Å². The summed E-state index contributed by atoms with van der Waals surface area (Å²) in [5.74, 6) is -0.356. The van der Waals surface area contributed by atoms with Crippen LogP contribution in [-0.2, 0) is 16.1 Å². The number of anilines is 1. The second-order valence-corrected chi connectivity index (χ2v) is 6.08. The molecule has 1 unspecified atom stereocenters. The lowest BCUT2D eigenvalue weighted by Gasteiger charge is -2.16. The van der Waals surface area contributed by atoms with Crippen LogP contribution in [0.5, 0.6) is 0 Å². The molecule has 3 rings (SSSR count). The van der Waals surface area contributed by atoms with E-state index >= 15 is 0 Å². The molecule has 1 atom stereocenters. The van der Waals surface area contributed by atoms with E-state index in [2.05, 4.69) is 5.32 Å². The summed E-state index contributed by atoms with van der Waals surface area (Å²) in [5.41, 5.74) is 2.65. The van der Waals surface area contributed by atoms with Crippen LogP contribution in [0.2, 0.25) is 5.02 Å².